The Morgan fingerprint density at radius 1 is 1.19 bits per heavy atom. The third-order valence-corrected chi connectivity index (χ3v) is 8.44. The fourth-order valence-electron chi connectivity index (χ4n) is 3.42. The number of ketones is 1. The number of Topliss-reactive ketones (excluding diaryl/α,β-unsaturated/α-hetero) is 1. The molecule has 0 amide bonds. The van der Waals surface area contributed by atoms with E-state index >= 15 is 0 Å². The highest BCUT2D eigenvalue weighted by atomic mass is 32.1. The van der Waals surface area contributed by atoms with Gasteiger partial charge < -0.3 is 14.6 Å². The van der Waals surface area contributed by atoms with Gasteiger partial charge >= 0.3 is 5.97 Å². The summed E-state index contributed by atoms with van der Waals surface area (Å²) in [6.45, 7) is 12.4. The molecule has 0 aliphatic carbocycles. The minimum absolute atomic E-state index is 0.0721. The standard InChI is InChI=1S/C24H34O5SSi/c1-15-8-9-18(12-19(15)14-25)22(16(2)24(27)29-10-11-31(5,6)7)21-13-20(28-4)23(30-21)17(3)26/h8-9,12-13,16,22,25H,10-11,14H2,1-7H3. The molecule has 1 aromatic carbocycles. The van der Waals surface area contributed by atoms with Crippen LogP contribution in [0.4, 0.5) is 0 Å². The lowest BCUT2D eigenvalue weighted by molar-refractivity contribution is -0.147. The van der Waals surface area contributed by atoms with Crippen molar-refractivity contribution in [3.63, 3.8) is 0 Å². The van der Waals surface area contributed by atoms with Crippen LogP contribution in [0, 0.1) is 12.8 Å². The van der Waals surface area contributed by atoms with Crippen molar-refractivity contribution in [3.05, 3.63) is 50.7 Å². The van der Waals surface area contributed by atoms with Crippen molar-refractivity contribution in [2.45, 2.75) is 59.0 Å². The quantitative estimate of drug-likeness (QED) is 0.290. The Morgan fingerprint density at radius 3 is 2.39 bits per heavy atom. The lowest BCUT2D eigenvalue weighted by Crippen LogP contribution is -2.26. The SMILES string of the molecule is COc1cc(C(c2ccc(C)c(CO)c2)C(C)C(=O)OCC[Si](C)(C)C)sc1C(C)=O. The van der Waals surface area contributed by atoms with E-state index in [0.717, 1.165) is 27.6 Å². The Bertz CT molecular complexity index is 929. The lowest BCUT2D eigenvalue weighted by Gasteiger charge is -2.24. The number of hydrogen-bond donors (Lipinski definition) is 1. The third-order valence-electron chi connectivity index (χ3n) is 5.43. The number of aliphatic hydroxyl groups is 1. The molecule has 2 rings (SSSR count). The number of rotatable bonds is 10. The second kappa shape index (κ2) is 10.6. The maximum Gasteiger partial charge on any atom is 0.309 e. The number of ether oxygens (including phenoxy) is 2. The van der Waals surface area contributed by atoms with Gasteiger partial charge in [0.25, 0.3) is 0 Å². The molecule has 0 bridgehead atoms. The van der Waals surface area contributed by atoms with Crippen LogP contribution in [0.5, 0.6) is 5.75 Å². The van der Waals surface area contributed by atoms with Crippen molar-refractivity contribution in [1.29, 1.82) is 0 Å². The Labute approximate surface area is 190 Å². The maximum absolute atomic E-state index is 13.0. The first-order valence-electron chi connectivity index (χ1n) is 10.5. The average molecular weight is 463 g/mol. The fraction of sp³-hybridized carbons (Fsp3) is 0.500. The number of aliphatic hydroxyl groups excluding tert-OH is 1. The first-order valence-corrected chi connectivity index (χ1v) is 15.1. The molecule has 0 aliphatic rings. The highest BCUT2D eigenvalue weighted by molar-refractivity contribution is 7.14. The van der Waals surface area contributed by atoms with Crippen LogP contribution in [-0.4, -0.2) is 38.6 Å². The van der Waals surface area contributed by atoms with Gasteiger partial charge in [-0.05, 0) is 35.7 Å². The number of esters is 1. The molecule has 0 saturated heterocycles. The number of aryl methyl sites for hydroxylation is 1. The zero-order valence-corrected chi connectivity index (χ0v) is 21.4. The van der Waals surface area contributed by atoms with Crippen molar-refractivity contribution in [2.24, 2.45) is 5.92 Å². The number of thiophene rings is 1. The molecule has 0 spiro atoms. The average Bonchev–Trinajstić information content (AvgIpc) is 3.12. The molecule has 1 heterocycles. The zero-order valence-electron chi connectivity index (χ0n) is 19.6. The summed E-state index contributed by atoms with van der Waals surface area (Å²) in [5, 5.41) is 9.74. The van der Waals surface area contributed by atoms with Gasteiger partial charge in [0.2, 0.25) is 0 Å². The second-order valence-electron chi connectivity index (χ2n) is 9.19. The first-order chi connectivity index (χ1) is 14.5. The Balaban J connectivity index is 2.46. The lowest BCUT2D eigenvalue weighted by atomic mass is 9.84. The normalized spacial score (nSPS) is 13.5. The summed E-state index contributed by atoms with van der Waals surface area (Å²) in [4.78, 5) is 26.5. The van der Waals surface area contributed by atoms with Gasteiger partial charge in [0.05, 0.1) is 26.2 Å². The van der Waals surface area contributed by atoms with E-state index in [0.29, 0.717) is 17.2 Å². The molecular formula is C24H34O5SSi. The molecule has 5 nitrogen and oxygen atoms in total. The van der Waals surface area contributed by atoms with Crippen LogP contribution in [0.25, 0.3) is 0 Å². The molecule has 1 aromatic heterocycles. The van der Waals surface area contributed by atoms with Gasteiger partial charge in [0.1, 0.15) is 10.6 Å². The van der Waals surface area contributed by atoms with E-state index < -0.39 is 14.0 Å². The first kappa shape index (κ1) is 25.3. The van der Waals surface area contributed by atoms with Crippen molar-refractivity contribution in [3.8, 4) is 5.75 Å². The molecule has 0 radical (unpaired) electrons. The van der Waals surface area contributed by atoms with E-state index in [2.05, 4.69) is 19.6 Å². The summed E-state index contributed by atoms with van der Waals surface area (Å²) in [6.07, 6.45) is 0. The van der Waals surface area contributed by atoms with Gasteiger partial charge in [-0.3, -0.25) is 9.59 Å². The number of benzene rings is 1. The summed E-state index contributed by atoms with van der Waals surface area (Å²) >= 11 is 1.35. The van der Waals surface area contributed by atoms with Crippen molar-refractivity contribution in [1.82, 2.24) is 0 Å². The molecule has 2 aromatic rings. The van der Waals surface area contributed by atoms with Crippen molar-refractivity contribution >= 4 is 31.2 Å². The van der Waals surface area contributed by atoms with Gasteiger partial charge in [-0.25, -0.2) is 0 Å². The summed E-state index contributed by atoms with van der Waals surface area (Å²) in [7, 11) is 0.228. The van der Waals surface area contributed by atoms with E-state index in [1.165, 1.54) is 25.4 Å². The number of carbonyl (C=O) groups excluding carboxylic acids is 2. The molecular weight excluding hydrogens is 428 g/mol. The smallest absolute Gasteiger partial charge is 0.309 e. The van der Waals surface area contributed by atoms with Crippen molar-refractivity contribution < 1.29 is 24.2 Å². The molecule has 2 unspecified atom stereocenters. The summed E-state index contributed by atoms with van der Waals surface area (Å²) in [5.41, 5.74) is 2.71. The van der Waals surface area contributed by atoms with Crippen LogP contribution in [0.2, 0.25) is 25.7 Å². The minimum atomic E-state index is -1.31. The molecule has 31 heavy (non-hydrogen) atoms. The van der Waals surface area contributed by atoms with Crippen LogP contribution >= 0.6 is 11.3 Å². The predicted molar refractivity (Wildman–Crippen MR) is 128 cm³/mol. The van der Waals surface area contributed by atoms with Gasteiger partial charge in [0.15, 0.2) is 5.78 Å². The Morgan fingerprint density at radius 2 is 1.87 bits per heavy atom. The van der Waals surface area contributed by atoms with Gasteiger partial charge in [-0.15, -0.1) is 11.3 Å². The van der Waals surface area contributed by atoms with Crippen LogP contribution in [0.15, 0.2) is 24.3 Å². The van der Waals surface area contributed by atoms with Crippen LogP contribution in [0.1, 0.15) is 51.0 Å². The summed E-state index contributed by atoms with van der Waals surface area (Å²) in [6, 6.07) is 8.62. The molecule has 7 heteroatoms. The van der Waals surface area contributed by atoms with Gasteiger partial charge in [0, 0.05) is 25.8 Å². The fourth-order valence-corrected chi connectivity index (χ4v) is 5.39. The summed E-state index contributed by atoms with van der Waals surface area (Å²) in [5.74, 6) is -0.578. The monoisotopic (exact) mass is 462 g/mol. The van der Waals surface area contributed by atoms with Crippen LogP contribution in [-0.2, 0) is 16.1 Å². The molecule has 2 atom stereocenters. The van der Waals surface area contributed by atoms with Crippen molar-refractivity contribution in [2.75, 3.05) is 13.7 Å². The largest absolute Gasteiger partial charge is 0.495 e. The molecule has 0 saturated carbocycles. The third kappa shape index (κ3) is 6.51. The van der Waals surface area contributed by atoms with E-state index in [1.54, 1.807) is 0 Å². The minimum Gasteiger partial charge on any atom is -0.495 e. The number of methoxy groups -OCH3 is 1. The van der Waals surface area contributed by atoms with Gasteiger partial charge in [-0.2, -0.15) is 0 Å². The topological polar surface area (TPSA) is 72.8 Å². The van der Waals surface area contributed by atoms with Crippen LogP contribution < -0.4 is 4.74 Å². The van der Waals surface area contributed by atoms with E-state index in [4.69, 9.17) is 9.47 Å². The van der Waals surface area contributed by atoms with E-state index in [9.17, 15) is 14.7 Å². The zero-order chi connectivity index (χ0) is 23.3. The number of carbonyl (C=O) groups is 2. The summed E-state index contributed by atoms with van der Waals surface area (Å²) < 4.78 is 11.1. The van der Waals surface area contributed by atoms with Gasteiger partial charge in [-0.1, -0.05) is 44.8 Å². The molecule has 170 valence electrons. The Kier molecular flexibility index (Phi) is 8.62. The number of hydrogen-bond acceptors (Lipinski definition) is 6. The molecule has 1 N–H and O–H groups in total. The second-order valence-corrected chi connectivity index (χ2v) is 15.9. The highest BCUT2D eigenvalue weighted by Gasteiger charge is 2.32. The van der Waals surface area contributed by atoms with E-state index in [-0.39, 0.29) is 24.3 Å². The maximum atomic E-state index is 13.0. The molecule has 0 fully saturated rings. The predicted octanol–water partition coefficient (Wildman–Crippen LogP) is 5.41. The van der Waals surface area contributed by atoms with E-state index in [1.807, 2.05) is 38.1 Å². The molecule has 0 aliphatic heterocycles. The Hall–Kier alpha value is -1.96. The van der Waals surface area contributed by atoms with Crippen LogP contribution in [0.3, 0.4) is 0 Å². The highest BCUT2D eigenvalue weighted by Crippen LogP contribution is 2.41.